The molecule has 2 rings (SSSR count). The Morgan fingerprint density at radius 1 is 1.13 bits per heavy atom. The standard InChI is InChI=1S/C17H21NO4S/c1-11-5-6-16(23-11)15(22-4)10-18-17(19)12-7-13(20-2)9-14(8-12)21-3/h5-9,15H,10H2,1-4H3,(H,18,19). The van der Waals surface area contributed by atoms with Crippen LogP contribution >= 0.6 is 11.3 Å². The summed E-state index contributed by atoms with van der Waals surface area (Å²) in [6.45, 7) is 2.44. The molecule has 0 bridgehead atoms. The number of carbonyl (C=O) groups is 1. The number of thiophene rings is 1. The molecule has 0 aliphatic carbocycles. The van der Waals surface area contributed by atoms with Crippen LogP contribution in [0.1, 0.15) is 26.2 Å². The average Bonchev–Trinajstić information content (AvgIpc) is 3.00. The third kappa shape index (κ3) is 4.46. The molecule has 124 valence electrons. The summed E-state index contributed by atoms with van der Waals surface area (Å²) in [4.78, 5) is 14.7. The second-order valence-electron chi connectivity index (χ2n) is 4.98. The summed E-state index contributed by atoms with van der Waals surface area (Å²) in [5.74, 6) is 0.955. The first kappa shape index (κ1) is 17.3. The highest BCUT2D eigenvalue weighted by Crippen LogP contribution is 2.25. The number of methoxy groups -OCH3 is 3. The zero-order valence-corrected chi connectivity index (χ0v) is 14.5. The molecule has 0 spiro atoms. The molecular formula is C17H21NO4S. The summed E-state index contributed by atoms with van der Waals surface area (Å²) in [5.41, 5.74) is 0.485. The average molecular weight is 335 g/mol. The summed E-state index contributed by atoms with van der Waals surface area (Å²) < 4.78 is 15.8. The molecule has 1 atom stereocenters. The van der Waals surface area contributed by atoms with Crippen molar-refractivity contribution in [1.29, 1.82) is 0 Å². The van der Waals surface area contributed by atoms with Gasteiger partial charge in [-0.05, 0) is 31.2 Å². The Bertz CT molecular complexity index is 646. The summed E-state index contributed by atoms with van der Waals surface area (Å²) in [7, 11) is 4.74. The fraction of sp³-hybridized carbons (Fsp3) is 0.353. The van der Waals surface area contributed by atoms with Crippen molar-refractivity contribution in [1.82, 2.24) is 5.32 Å². The maximum atomic E-state index is 12.4. The fourth-order valence-electron chi connectivity index (χ4n) is 2.15. The van der Waals surface area contributed by atoms with E-state index in [4.69, 9.17) is 14.2 Å². The lowest BCUT2D eigenvalue weighted by Crippen LogP contribution is -2.28. The zero-order chi connectivity index (χ0) is 16.8. The van der Waals surface area contributed by atoms with Crippen LogP contribution in [-0.4, -0.2) is 33.8 Å². The Balaban J connectivity index is 2.06. The molecule has 5 nitrogen and oxygen atoms in total. The van der Waals surface area contributed by atoms with Crippen LogP contribution in [0.2, 0.25) is 0 Å². The number of benzene rings is 1. The predicted molar refractivity (Wildman–Crippen MR) is 90.7 cm³/mol. The highest BCUT2D eigenvalue weighted by molar-refractivity contribution is 7.12. The molecule has 1 heterocycles. The molecule has 1 aromatic heterocycles. The van der Waals surface area contributed by atoms with Gasteiger partial charge in [0.25, 0.3) is 5.91 Å². The van der Waals surface area contributed by atoms with E-state index in [-0.39, 0.29) is 12.0 Å². The van der Waals surface area contributed by atoms with Crippen molar-refractivity contribution in [2.24, 2.45) is 0 Å². The van der Waals surface area contributed by atoms with Gasteiger partial charge in [-0.3, -0.25) is 4.79 Å². The van der Waals surface area contributed by atoms with Gasteiger partial charge in [0.2, 0.25) is 0 Å². The van der Waals surface area contributed by atoms with Gasteiger partial charge in [0.1, 0.15) is 17.6 Å². The largest absolute Gasteiger partial charge is 0.497 e. The first-order chi connectivity index (χ1) is 11.1. The normalized spacial score (nSPS) is 11.8. The van der Waals surface area contributed by atoms with Gasteiger partial charge >= 0.3 is 0 Å². The van der Waals surface area contributed by atoms with E-state index in [9.17, 15) is 4.79 Å². The van der Waals surface area contributed by atoms with Crippen molar-refractivity contribution >= 4 is 17.2 Å². The number of carbonyl (C=O) groups excluding carboxylic acids is 1. The Labute approximate surface area is 140 Å². The van der Waals surface area contributed by atoms with Crippen molar-refractivity contribution in [2.45, 2.75) is 13.0 Å². The summed E-state index contributed by atoms with van der Waals surface area (Å²) in [6, 6.07) is 9.14. The molecule has 1 N–H and O–H groups in total. The van der Waals surface area contributed by atoms with Gasteiger partial charge < -0.3 is 19.5 Å². The molecule has 0 aliphatic heterocycles. The first-order valence-corrected chi connectivity index (χ1v) is 7.99. The predicted octanol–water partition coefficient (Wildman–Crippen LogP) is 3.19. The van der Waals surface area contributed by atoms with E-state index < -0.39 is 0 Å². The van der Waals surface area contributed by atoms with E-state index in [0.29, 0.717) is 23.6 Å². The minimum absolute atomic E-state index is 0.162. The number of amides is 1. The van der Waals surface area contributed by atoms with Crippen LogP contribution in [0.3, 0.4) is 0 Å². The van der Waals surface area contributed by atoms with Crippen LogP contribution in [0.25, 0.3) is 0 Å². The number of hydrogen-bond acceptors (Lipinski definition) is 5. The topological polar surface area (TPSA) is 56.8 Å². The summed E-state index contributed by atoms with van der Waals surface area (Å²) >= 11 is 1.66. The van der Waals surface area contributed by atoms with Gasteiger partial charge in [-0.2, -0.15) is 0 Å². The SMILES string of the molecule is COc1cc(OC)cc(C(=O)NCC(OC)c2ccc(C)s2)c1. The molecular weight excluding hydrogens is 314 g/mol. The second kappa shape index (κ2) is 7.99. The van der Waals surface area contributed by atoms with Crippen LogP contribution in [0.15, 0.2) is 30.3 Å². The van der Waals surface area contributed by atoms with E-state index in [0.717, 1.165) is 4.88 Å². The number of aryl methyl sites for hydroxylation is 1. The molecule has 0 aliphatic rings. The van der Waals surface area contributed by atoms with Gasteiger partial charge in [0.15, 0.2) is 0 Å². The van der Waals surface area contributed by atoms with Crippen molar-refractivity contribution in [3.8, 4) is 11.5 Å². The maximum absolute atomic E-state index is 12.4. The van der Waals surface area contributed by atoms with Gasteiger partial charge in [0.05, 0.1) is 14.2 Å². The van der Waals surface area contributed by atoms with Crippen molar-refractivity contribution in [3.63, 3.8) is 0 Å². The van der Waals surface area contributed by atoms with E-state index in [1.54, 1.807) is 50.9 Å². The monoisotopic (exact) mass is 335 g/mol. The molecule has 1 amide bonds. The molecule has 0 radical (unpaired) electrons. The highest BCUT2D eigenvalue weighted by atomic mass is 32.1. The number of nitrogens with one attached hydrogen (secondary N) is 1. The van der Waals surface area contributed by atoms with Crippen LogP contribution in [0, 0.1) is 6.92 Å². The molecule has 0 fully saturated rings. The van der Waals surface area contributed by atoms with E-state index in [1.165, 1.54) is 4.88 Å². The lowest BCUT2D eigenvalue weighted by Gasteiger charge is -2.15. The van der Waals surface area contributed by atoms with Gasteiger partial charge in [-0.25, -0.2) is 0 Å². The number of hydrogen-bond donors (Lipinski definition) is 1. The maximum Gasteiger partial charge on any atom is 0.251 e. The Hall–Kier alpha value is -2.05. The minimum atomic E-state index is -0.197. The first-order valence-electron chi connectivity index (χ1n) is 7.17. The zero-order valence-electron chi connectivity index (χ0n) is 13.7. The van der Waals surface area contributed by atoms with Crippen LogP contribution < -0.4 is 14.8 Å². The van der Waals surface area contributed by atoms with E-state index in [2.05, 4.69) is 5.32 Å². The Morgan fingerprint density at radius 2 is 1.78 bits per heavy atom. The Kier molecular flexibility index (Phi) is 6.01. The second-order valence-corrected chi connectivity index (χ2v) is 6.30. The quantitative estimate of drug-likeness (QED) is 0.844. The van der Waals surface area contributed by atoms with Crippen molar-refractivity contribution in [3.05, 3.63) is 45.6 Å². The minimum Gasteiger partial charge on any atom is -0.497 e. The molecule has 0 saturated heterocycles. The van der Waals surface area contributed by atoms with Gasteiger partial charge in [0, 0.05) is 35.0 Å². The Morgan fingerprint density at radius 3 is 2.26 bits per heavy atom. The fourth-order valence-corrected chi connectivity index (χ4v) is 3.11. The highest BCUT2D eigenvalue weighted by Gasteiger charge is 2.15. The molecule has 1 aromatic carbocycles. The molecule has 0 saturated carbocycles. The summed E-state index contributed by atoms with van der Waals surface area (Å²) in [5, 5.41) is 2.89. The molecule has 23 heavy (non-hydrogen) atoms. The van der Waals surface area contributed by atoms with Gasteiger partial charge in [-0.1, -0.05) is 0 Å². The summed E-state index contributed by atoms with van der Waals surface area (Å²) in [6.07, 6.45) is -0.162. The number of ether oxygens (including phenoxy) is 3. The van der Waals surface area contributed by atoms with E-state index in [1.807, 2.05) is 19.1 Å². The third-order valence-corrected chi connectivity index (χ3v) is 4.52. The van der Waals surface area contributed by atoms with Crippen LogP contribution in [-0.2, 0) is 4.74 Å². The lowest BCUT2D eigenvalue weighted by atomic mass is 10.2. The van der Waals surface area contributed by atoms with Crippen LogP contribution in [0.5, 0.6) is 11.5 Å². The number of rotatable bonds is 7. The lowest BCUT2D eigenvalue weighted by molar-refractivity contribution is 0.0837. The molecule has 6 heteroatoms. The molecule has 2 aromatic rings. The van der Waals surface area contributed by atoms with Crippen molar-refractivity contribution in [2.75, 3.05) is 27.9 Å². The van der Waals surface area contributed by atoms with E-state index >= 15 is 0 Å². The van der Waals surface area contributed by atoms with Crippen molar-refractivity contribution < 1.29 is 19.0 Å². The smallest absolute Gasteiger partial charge is 0.251 e. The third-order valence-electron chi connectivity index (χ3n) is 3.42. The molecule has 1 unspecified atom stereocenters. The van der Waals surface area contributed by atoms with Crippen LogP contribution in [0.4, 0.5) is 0 Å². The van der Waals surface area contributed by atoms with Gasteiger partial charge in [-0.15, -0.1) is 11.3 Å².